The number of hydrogen-bond acceptors (Lipinski definition) is 8. The summed E-state index contributed by atoms with van der Waals surface area (Å²) in [6.07, 6.45) is 1.98. The van der Waals surface area contributed by atoms with Gasteiger partial charge >= 0.3 is 11.9 Å². The largest absolute Gasteiger partial charge is 0.497 e. The van der Waals surface area contributed by atoms with Crippen LogP contribution in [-0.4, -0.2) is 51.8 Å². The van der Waals surface area contributed by atoms with Crippen LogP contribution in [0.1, 0.15) is 11.1 Å². The van der Waals surface area contributed by atoms with E-state index in [1.54, 1.807) is 14.2 Å². The first kappa shape index (κ1) is 31.0. The molecule has 212 valence electrons. The zero-order chi connectivity index (χ0) is 28.5. The molecule has 0 atom stereocenters. The Morgan fingerprint density at radius 3 is 1.32 bits per heavy atom. The summed E-state index contributed by atoms with van der Waals surface area (Å²) in [6, 6.07) is 28.1. The number of aliphatic imine (C=N–C) groups is 2. The number of rotatable bonds is 6. The van der Waals surface area contributed by atoms with Crippen LogP contribution in [0.3, 0.4) is 0 Å². The Morgan fingerprint density at radius 2 is 0.976 bits per heavy atom. The minimum atomic E-state index is -0.578. The van der Waals surface area contributed by atoms with Crippen molar-refractivity contribution in [1.82, 2.24) is 0 Å². The predicted molar refractivity (Wildman–Crippen MR) is 156 cm³/mol. The van der Waals surface area contributed by atoms with Gasteiger partial charge in [-0.3, -0.25) is 0 Å². The van der Waals surface area contributed by atoms with Gasteiger partial charge in [0.15, 0.2) is 0 Å². The summed E-state index contributed by atoms with van der Waals surface area (Å²) in [5.74, 6) is 0.460. The summed E-state index contributed by atoms with van der Waals surface area (Å²) < 4.78 is 19.0. The quantitative estimate of drug-likeness (QED) is 0.146. The van der Waals surface area contributed by atoms with Crippen LogP contribution in [-0.2, 0) is 39.5 Å². The molecule has 0 heterocycles. The Kier molecular flexibility index (Phi) is 11.1. The Hall–Kier alpha value is -4.58. The van der Waals surface area contributed by atoms with Gasteiger partial charge in [0.05, 0.1) is 51.2 Å². The molecule has 0 aliphatic heterocycles. The molecule has 9 heteroatoms. The monoisotopic (exact) mass is 642 g/mol. The van der Waals surface area contributed by atoms with E-state index >= 15 is 0 Å². The summed E-state index contributed by atoms with van der Waals surface area (Å²) in [4.78, 5) is 30.6. The predicted octanol–water partition coefficient (Wildman–Crippen LogP) is 6.00. The standard InChI is InChI=1S/C26H20N2O2.C6H8O4.Pd/c1-29-20-13-9-18(10-14-20)27-25-22-7-3-5-17-6-4-8-23(24(17)22)26(25)28-19-11-15-21(30-2)16-12-19;1-9-5(7)3-4-6(8)10-2;/h3-16H,1-2H3;3-4H,1-2H3;. The summed E-state index contributed by atoms with van der Waals surface area (Å²) in [5, 5.41) is 2.38. The van der Waals surface area contributed by atoms with Gasteiger partial charge in [-0.25, -0.2) is 19.6 Å². The molecular formula is C32H28N2O6Pd. The summed E-state index contributed by atoms with van der Waals surface area (Å²) >= 11 is 0. The Labute approximate surface area is 252 Å². The van der Waals surface area contributed by atoms with Crippen LogP contribution in [0, 0.1) is 0 Å². The third kappa shape index (κ3) is 7.54. The fourth-order valence-corrected chi connectivity index (χ4v) is 4.06. The van der Waals surface area contributed by atoms with Gasteiger partial charge in [0, 0.05) is 49.1 Å². The molecule has 0 N–H and O–H groups in total. The number of benzene rings is 4. The van der Waals surface area contributed by atoms with E-state index in [2.05, 4.69) is 45.9 Å². The van der Waals surface area contributed by atoms with Gasteiger partial charge in [-0.1, -0.05) is 36.4 Å². The summed E-state index contributed by atoms with van der Waals surface area (Å²) in [6.45, 7) is 0. The maximum Gasteiger partial charge on any atom is 0.330 e. The first-order valence-electron chi connectivity index (χ1n) is 12.3. The molecule has 0 unspecified atom stereocenters. The molecule has 0 saturated carbocycles. The van der Waals surface area contributed by atoms with Gasteiger partial charge in [-0.15, -0.1) is 0 Å². The first-order chi connectivity index (χ1) is 19.5. The Morgan fingerprint density at radius 1 is 0.585 bits per heavy atom. The molecule has 8 nitrogen and oxygen atoms in total. The number of hydrogen-bond donors (Lipinski definition) is 0. The van der Waals surface area contributed by atoms with Crippen LogP contribution >= 0.6 is 0 Å². The molecule has 5 rings (SSSR count). The van der Waals surface area contributed by atoms with Gasteiger partial charge in [-0.2, -0.15) is 0 Å². The maximum absolute atomic E-state index is 10.3. The Balaban J connectivity index is 0.000000363. The number of carbonyl (C=O) groups excluding carboxylic acids is 2. The van der Waals surface area contributed by atoms with Crippen molar-refractivity contribution in [2.45, 2.75) is 0 Å². The van der Waals surface area contributed by atoms with Crippen molar-refractivity contribution in [2.24, 2.45) is 9.98 Å². The van der Waals surface area contributed by atoms with E-state index in [1.165, 1.54) is 25.0 Å². The number of esters is 2. The van der Waals surface area contributed by atoms with E-state index in [4.69, 9.17) is 19.5 Å². The third-order valence-electron chi connectivity index (χ3n) is 6.02. The maximum atomic E-state index is 10.3. The van der Waals surface area contributed by atoms with Crippen LogP contribution in [0.25, 0.3) is 10.8 Å². The smallest absolute Gasteiger partial charge is 0.330 e. The van der Waals surface area contributed by atoms with Crippen molar-refractivity contribution in [1.29, 1.82) is 0 Å². The van der Waals surface area contributed by atoms with Crippen LogP contribution in [0.15, 0.2) is 107 Å². The molecular weight excluding hydrogens is 615 g/mol. The van der Waals surface area contributed by atoms with Crippen molar-refractivity contribution in [3.8, 4) is 11.5 Å². The zero-order valence-electron chi connectivity index (χ0n) is 22.9. The number of nitrogens with zero attached hydrogens (tertiary/aromatic N) is 2. The molecule has 0 spiro atoms. The van der Waals surface area contributed by atoms with Crippen molar-refractivity contribution in [3.05, 3.63) is 108 Å². The summed E-state index contributed by atoms with van der Waals surface area (Å²) in [5.41, 5.74) is 5.68. The van der Waals surface area contributed by atoms with Crippen molar-refractivity contribution >= 4 is 45.5 Å². The topological polar surface area (TPSA) is 95.8 Å². The molecule has 4 aromatic carbocycles. The third-order valence-corrected chi connectivity index (χ3v) is 6.02. The van der Waals surface area contributed by atoms with Crippen LogP contribution in [0.4, 0.5) is 11.4 Å². The van der Waals surface area contributed by atoms with E-state index in [0.717, 1.165) is 57.6 Å². The summed E-state index contributed by atoms with van der Waals surface area (Å²) in [7, 11) is 5.78. The minimum absolute atomic E-state index is 0. The molecule has 1 aliphatic carbocycles. The second kappa shape index (κ2) is 14.7. The second-order valence-electron chi connectivity index (χ2n) is 8.41. The van der Waals surface area contributed by atoms with Crippen LogP contribution in [0.5, 0.6) is 11.5 Å². The van der Waals surface area contributed by atoms with E-state index in [-0.39, 0.29) is 20.4 Å². The molecule has 0 fully saturated rings. The van der Waals surface area contributed by atoms with E-state index < -0.39 is 11.9 Å². The Bertz CT molecular complexity index is 1490. The van der Waals surface area contributed by atoms with Gasteiger partial charge in [-0.05, 0) is 53.9 Å². The van der Waals surface area contributed by atoms with Crippen LogP contribution in [0.2, 0.25) is 0 Å². The molecule has 4 aromatic rings. The first-order valence-corrected chi connectivity index (χ1v) is 12.3. The van der Waals surface area contributed by atoms with E-state index in [1.807, 2.05) is 48.5 Å². The number of carbonyl (C=O) groups is 2. The number of methoxy groups -OCH3 is 4. The average Bonchev–Trinajstić information content (AvgIpc) is 3.30. The van der Waals surface area contributed by atoms with Gasteiger partial charge in [0.1, 0.15) is 11.5 Å². The van der Waals surface area contributed by atoms with Crippen molar-refractivity contribution in [2.75, 3.05) is 28.4 Å². The van der Waals surface area contributed by atoms with Gasteiger partial charge in [0.25, 0.3) is 0 Å². The van der Waals surface area contributed by atoms with Gasteiger partial charge in [0.2, 0.25) is 0 Å². The molecule has 0 aromatic heterocycles. The van der Waals surface area contributed by atoms with E-state index in [9.17, 15) is 9.59 Å². The second-order valence-corrected chi connectivity index (χ2v) is 8.41. The normalized spacial score (nSPS) is 13.4. The fraction of sp³-hybridized carbons (Fsp3) is 0.125. The van der Waals surface area contributed by atoms with E-state index in [0.29, 0.717) is 0 Å². The molecule has 41 heavy (non-hydrogen) atoms. The van der Waals surface area contributed by atoms with Gasteiger partial charge < -0.3 is 18.9 Å². The molecule has 0 radical (unpaired) electrons. The molecule has 0 amide bonds. The molecule has 0 saturated heterocycles. The fourth-order valence-electron chi connectivity index (χ4n) is 4.06. The zero-order valence-corrected chi connectivity index (χ0v) is 24.5. The molecule has 1 aliphatic rings. The van der Waals surface area contributed by atoms with Crippen molar-refractivity contribution in [3.63, 3.8) is 0 Å². The SMILES string of the molecule is COC(=O)C=CC(=O)OC.COc1ccc(N=C2C(=Nc3ccc(OC)cc3)c3cccc4cccc2c34)cc1.[Pd]. The number of ether oxygens (including phenoxy) is 4. The van der Waals surface area contributed by atoms with Crippen LogP contribution < -0.4 is 9.47 Å². The molecule has 0 bridgehead atoms. The van der Waals surface area contributed by atoms with Crippen molar-refractivity contribution < 1.29 is 49.0 Å². The average molecular weight is 643 g/mol. The minimum Gasteiger partial charge on any atom is -0.497 e.